The Labute approximate surface area is 112 Å². The Balaban J connectivity index is 1.81. The molecule has 2 aliphatic heterocycles. The zero-order valence-corrected chi connectivity index (χ0v) is 12.5. The molecule has 2 heterocycles. The van der Waals surface area contributed by atoms with Crippen molar-refractivity contribution in [1.82, 2.24) is 4.90 Å². The molecule has 2 saturated heterocycles. The normalized spacial score (nSPS) is 45.0. The highest BCUT2D eigenvalue weighted by atomic mass is 16.5. The monoisotopic (exact) mass is 251 g/mol. The van der Waals surface area contributed by atoms with E-state index in [4.69, 9.17) is 4.74 Å². The van der Waals surface area contributed by atoms with Gasteiger partial charge in [-0.1, -0.05) is 40.5 Å². The Morgan fingerprint density at radius 3 is 2.50 bits per heavy atom. The van der Waals surface area contributed by atoms with Crippen LogP contribution in [0, 0.1) is 17.3 Å². The van der Waals surface area contributed by atoms with E-state index in [1.165, 1.54) is 32.1 Å². The van der Waals surface area contributed by atoms with Crippen LogP contribution in [0.1, 0.15) is 59.8 Å². The van der Waals surface area contributed by atoms with Gasteiger partial charge in [0.2, 0.25) is 0 Å². The lowest BCUT2D eigenvalue weighted by Gasteiger charge is -2.37. The van der Waals surface area contributed by atoms with Crippen LogP contribution in [0.4, 0.5) is 0 Å². The van der Waals surface area contributed by atoms with Crippen LogP contribution >= 0.6 is 0 Å². The molecule has 2 heteroatoms. The molecule has 0 bridgehead atoms. The first kappa shape index (κ1) is 12.9. The topological polar surface area (TPSA) is 12.5 Å². The first-order chi connectivity index (χ1) is 8.52. The summed E-state index contributed by atoms with van der Waals surface area (Å²) in [6.07, 6.45) is 7.94. The summed E-state index contributed by atoms with van der Waals surface area (Å²) in [6.45, 7) is 10.6. The maximum atomic E-state index is 6.44. The fourth-order valence-electron chi connectivity index (χ4n) is 4.71. The van der Waals surface area contributed by atoms with Crippen molar-refractivity contribution in [2.45, 2.75) is 78.2 Å². The molecule has 5 unspecified atom stereocenters. The van der Waals surface area contributed by atoms with Crippen molar-refractivity contribution in [3.05, 3.63) is 0 Å². The fraction of sp³-hybridized carbons (Fsp3) is 1.00. The maximum Gasteiger partial charge on any atom is 0.114 e. The minimum Gasteiger partial charge on any atom is -0.359 e. The number of ether oxygens (including phenoxy) is 1. The second-order valence-electron chi connectivity index (χ2n) is 7.63. The second-order valence-corrected chi connectivity index (χ2v) is 7.63. The van der Waals surface area contributed by atoms with Crippen LogP contribution in [0.25, 0.3) is 0 Å². The van der Waals surface area contributed by atoms with Gasteiger partial charge in [-0.2, -0.15) is 0 Å². The molecule has 0 aromatic rings. The average Bonchev–Trinajstić information content (AvgIpc) is 2.83. The summed E-state index contributed by atoms with van der Waals surface area (Å²) in [5.41, 5.74) is 0.383. The molecule has 0 radical (unpaired) electrons. The Morgan fingerprint density at radius 1 is 1.11 bits per heavy atom. The van der Waals surface area contributed by atoms with Crippen LogP contribution in [0.2, 0.25) is 0 Å². The lowest BCUT2D eigenvalue weighted by atomic mass is 9.76. The lowest BCUT2D eigenvalue weighted by molar-refractivity contribution is -0.0762. The van der Waals surface area contributed by atoms with Crippen LogP contribution in [0.5, 0.6) is 0 Å². The molecule has 3 aliphatic rings. The summed E-state index contributed by atoms with van der Waals surface area (Å²) in [7, 11) is 0. The molecule has 0 spiro atoms. The van der Waals surface area contributed by atoms with E-state index in [2.05, 4.69) is 32.6 Å². The summed E-state index contributed by atoms with van der Waals surface area (Å²) in [4.78, 5) is 2.66. The summed E-state index contributed by atoms with van der Waals surface area (Å²) >= 11 is 0. The van der Waals surface area contributed by atoms with Crippen LogP contribution in [0.3, 0.4) is 0 Å². The Kier molecular flexibility index (Phi) is 3.22. The highest BCUT2D eigenvalue weighted by Crippen LogP contribution is 2.51. The van der Waals surface area contributed by atoms with Gasteiger partial charge in [0.25, 0.3) is 0 Å². The van der Waals surface area contributed by atoms with E-state index in [9.17, 15) is 0 Å². The van der Waals surface area contributed by atoms with Crippen molar-refractivity contribution in [3.63, 3.8) is 0 Å². The zero-order valence-electron chi connectivity index (χ0n) is 12.5. The third kappa shape index (κ3) is 1.92. The van der Waals surface area contributed by atoms with Crippen molar-refractivity contribution in [2.75, 3.05) is 6.54 Å². The highest BCUT2D eigenvalue weighted by molar-refractivity contribution is 5.02. The number of nitrogens with zero attached hydrogens (tertiary/aromatic N) is 1. The molecule has 3 fully saturated rings. The SMILES string of the molecule is CCN1C2OC3CCCCC3C2CC1C(C)(C)C. The first-order valence-corrected chi connectivity index (χ1v) is 7.93. The Bertz CT molecular complexity index is 309. The predicted octanol–water partition coefficient (Wildman–Crippen LogP) is 3.66. The molecule has 0 aromatic carbocycles. The standard InChI is InChI=1S/C16H29NO/c1-5-17-14(16(2,3)4)10-12-11-8-6-7-9-13(11)18-15(12)17/h11-15H,5-10H2,1-4H3. The number of rotatable bonds is 1. The van der Waals surface area contributed by atoms with E-state index in [0.29, 0.717) is 23.8 Å². The lowest BCUT2D eigenvalue weighted by Crippen LogP contribution is -2.44. The van der Waals surface area contributed by atoms with Gasteiger partial charge in [0.05, 0.1) is 6.10 Å². The van der Waals surface area contributed by atoms with E-state index in [1.807, 2.05) is 0 Å². The quantitative estimate of drug-likeness (QED) is 0.705. The third-order valence-electron chi connectivity index (χ3n) is 5.57. The summed E-state index contributed by atoms with van der Waals surface area (Å²) < 4.78 is 6.44. The number of hydrogen-bond donors (Lipinski definition) is 0. The van der Waals surface area contributed by atoms with Gasteiger partial charge in [0.1, 0.15) is 6.23 Å². The second kappa shape index (κ2) is 4.49. The molecule has 1 aliphatic carbocycles. The van der Waals surface area contributed by atoms with Gasteiger partial charge >= 0.3 is 0 Å². The summed E-state index contributed by atoms with van der Waals surface area (Å²) in [5.74, 6) is 1.68. The Hall–Kier alpha value is -0.0800. The minimum atomic E-state index is 0.383. The smallest absolute Gasteiger partial charge is 0.114 e. The van der Waals surface area contributed by atoms with E-state index in [0.717, 1.165) is 18.4 Å². The molecule has 2 nitrogen and oxygen atoms in total. The van der Waals surface area contributed by atoms with Crippen molar-refractivity contribution in [3.8, 4) is 0 Å². The molecule has 1 saturated carbocycles. The molecule has 5 atom stereocenters. The summed E-state index contributed by atoms with van der Waals surface area (Å²) in [6, 6.07) is 0.709. The van der Waals surface area contributed by atoms with Gasteiger partial charge < -0.3 is 4.74 Å². The zero-order chi connectivity index (χ0) is 12.9. The first-order valence-electron chi connectivity index (χ1n) is 7.93. The minimum absolute atomic E-state index is 0.383. The maximum absolute atomic E-state index is 6.44. The molecule has 18 heavy (non-hydrogen) atoms. The number of hydrogen-bond acceptors (Lipinski definition) is 2. The average molecular weight is 251 g/mol. The van der Waals surface area contributed by atoms with Gasteiger partial charge in [-0.15, -0.1) is 0 Å². The molecule has 0 amide bonds. The molecule has 104 valence electrons. The van der Waals surface area contributed by atoms with Crippen molar-refractivity contribution in [2.24, 2.45) is 17.3 Å². The van der Waals surface area contributed by atoms with Crippen molar-refractivity contribution >= 4 is 0 Å². The van der Waals surface area contributed by atoms with E-state index in [-0.39, 0.29) is 0 Å². The van der Waals surface area contributed by atoms with Crippen molar-refractivity contribution in [1.29, 1.82) is 0 Å². The fourth-order valence-corrected chi connectivity index (χ4v) is 4.71. The van der Waals surface area contributed by atoms with Gasteiger partial charge in [-0.3, -0.25) is 4.90 Å². The summed E-state index contributed by atoms with van der Waals surface area (Å²) in [5, 5.41) is 0. The largest absolute Gasteiger partial charge is 0.359 e. The predicted molar refractivity (Wildman–Crippen MR) is 74.3 cm³/mol. The number of fused-ring (bicyclic) bond motifs is 3. The molecule has 0 aromatic heterocycles. The van der Waals surface area contributed by atoms with E-state index < -0.39 is 0 Å². The van der Waals surface area contributed by atoms with Crippen LogP contribution < -0.4 is 0 Å². The van der Waals surface area contributed by atoms with Crippen molar-refractivity contribution < 1.29 is 4.74 Å². The van der Waals surface area contributed by atoms with Gasteiger partial charge in [-0.25, -0.2) is 0 Å². The Morgan fingerprint density at radius 2 is 1.83 bits per heavy atom. The van der Waals surface area contributed by atoms with Gasteiger partial charge in [0, 0.05) is 12.0 Å². The van der Waals surface area contributed by atoms with Crippen LogP contribution in [-0.4, -0.2) is 29.8 Å². The van der Waals surface area contributed by atoms with Crippen LogP contribution in [0.15, 0.2) is 0 Å². The van der Waals surface area contributed by atoms with Gasteiger partial charge in [0.15, 0.2) is 0 Å². The molecule has 0 N–H and O–H groups in total. The number of likely N-dealkylation sites (tertiary alicyclic amines) is 1. The van der Waals surface area contributed by atoms with Gasteiger partial charge in [-0.05, 0) is 37.1 Å². The van der Waals surface area contributed by atoms with Crippen LogP contribution in [-0.2, 0) is 4.74 Å². The van der Waals surface area contributed by atoms with E-state index >= 15 is 0 Å². The molecular formula is C16H29NO. The highest BCUT2D eigenvalue weighted by Gasteiger charge is 2.55. The molecular weight excluding hydrogens is 222 g/mol. The van der Waals surface area contributed by atoms with E-state index in [1.54, 1.807) is 0 Å². The molecule has 3 rings (SSSR count). The third-order valence-corrected chi connectivity index (χ3v) is 5.57.